The topological polar surface area (TPSA) is 60.2 Å². The first-order chi connectivity index (χ1) is 7.90. The van der Waals surface area contributed by atoms with Crippen LogP contribution in [0.25, 0.3) is 0 Å². The Kier molecular flexibility index (Phi) is 2.88. The Bertz CT molecular complexity index is 343. The highest BCUT2D eigenvalue weighted by Gasteiger charge is 2.22. The number of hydrogen-bond acceptors (Lipinski definition) is 5. The van der Waals surface area contributed by atoms with Crippen LogP contribution in [0.3, 0.4) is 0 Å². The molecular weight excluding hydrogens is 206 g/mol. The number of nitrogens with one attached hydrogen (secondary N) is 1. The van der Waals surface area contributed by atoms with Crippen molar-refractivity contribution in [2.75, 3.05) is 19.7 Å². The first kappa shape index (κ1) is 10.2. The number of aromatic nitrogens is 2. The number of ether oxygens (including phenoxy) is 1. The molecule has 1 N–H and O–H groups in total. The van der Waals surface area contributed by atoms with Crippen LogP contribution in [-0.4, -0.2) is 35.9 Å². The lowest BCUT2D eigenvalue weighted by atomic mass is 10.00. The zero-order valence-electron chi connectivity index (χ0n) is 9.32. The molecule has 2 aliphatic heterocycles. The van der Waals surface area contributed by atoms with E-state index in [9.17, 15) is 0 Å². The van der Waals surface area contributed by atoms with E-state index in [2.05, 4.69) is 15.5 Å². The predicted octanol–water partition coefficient (Wildman–Crippen LogP) is 0.553. The molecule has 3 heterocycles. The molecule has 2 saturated heterocycles. The van der Waals surface area contributed by atoms with Crippen LogP contribution >= 0.6 is 0 Å². The molecule has 0 amide bonds. The van der Waals surface area contributed by atoms with Crippen LogP contribution in [0.4, 0.5) is 0 Å². The van der Waals surface area contributed by atoms with Crippen LogP contribution in [0, 0.1) is 5.92 Å². The summed E-state index contributed by atoms with van der Waals surface area (Å²) in [4.78, 5) is 4.41. The third-order valence-electron chi connectivity index (χ3n) is 3.27. The molecule has 5 heteroatoms. The van der Waals surface area contributed by atoms with E-state index >= 15 is 0 Å². The molecule has 2 aliphatic rings. The summed E-state index contributed by atoms with van der Waals surface area (Å²) in [5, 5.41) is 7.24. The fourth-order valence-electron chi connectivity index (χ4n) is 2.20. The van der Waals surface area contributed by atoms with Gasteiger partial charge >= 0.3 is 0 Å². The van der Waals surface area contributed by atoms with Gasteiger partial charge in [-0.05, 0) is 31.8 Å². The molecule has 2 fully saturated rings. The van der Waals surface area contributed by atoms with Crippen molar-refractivity contribution in [2.24, 2.45) is 5.92 Å². The van der Waals surface area contributed by atoms with Crippen molar-refractivity contribution in [2.45, 2.75) is 31.8 Å². The van der Waals surface area contributed by atoms with Gasteiger partial charge in [-0.2, -0.15) is 4.98 Å². The molecule has 0 bridgehead atoms. The maximum absolute atomic E-state index is 5.55. The molecule has 0 radical (unpaired) electrons. The molecule has 5 nitrogen and oxygen atoms in total. The zero-order chi connectivity index (χ0) is 10.8. The third kappa shape index (κ3) is 2.25. The smallest absolute Gasteiger partial charge is 0.227 e. The van der Waals surface area contributed by atoms with Crippen LogP contribution in [0.5, 0.6) is 0 Å². The van der Waals surface area contributed by atoms with Gasteiger partial charge in [0.05, 0.1) is 6.10 Å². The van der Waals surface area contributed by atoms with Crippen LogP contribution in [0.15, 0.2) is 4.52 Å². The van der Waals surface area contributed by atoms with Crippen molar-refractivity contribution < 1.29 is 9.26 Å². The first-order valence-electron chi connectivity index (χ1n) is 6.04. The largest absolute Gasteiger partial charge is 0.378 e. The number of rotatable bonds is 4. The summed E-state index contributed by atoms with van der Waals surface area (Å²) in [7, 11) is 0. The van der Waals surface area contributed by atoms with Gasteiger partial charge in [-0.3, -0.25) is 0 Å². The van der Waals surface area contributed by atoms with Gasteiger partial charge in [0, 0.05) is 19.4 Å². The summed E-state index contributed by atoms with van der Waals surface area (Å²) < 4.78 is 10.8. The van der Waals surface area contributed by atoms with Crippen LogP contribution in [0.1, 0.15) is 24.6 Å². The Labute approximate surface area is 94.6 Å². The van der Waals surface area contributed by atoms with Gasteiger partial charge in [-0.25, -0.2) is 0 Å². The molecule has 1 aromatic rings. The molecule has 1 atom stereocenters. The van der Waals surface area contributed by atoms with Gasteiger partial charge in [0.15, 0.2) is 5.82 Å². The molecule has 88 valence electrons. The molecule has 0 spiro atoms. The van der Waals surface area contributed by atoms with E-state index < -0.39 is 0 Å². The van der Waals surface area contributed by atoms with Gasteiger partial charge in [-0.15, -0.1) is 0 Å². The van der Waals surface area contributed by atoms with E-state index in [1.54, 1.807) is 0 Å². The van der Waals surface area contributed by atoms with Gasteiger partial charge in [0.25, 0.3) is 0 Å². The number of nitrogens with zero attached hydrogens (tertiary/aromatic N) is 2. The van der Waals surface area contributed by atoms with Gasteiger partial charge in [0.1, 0.15) is 0 Å². The summed E-state index contributed by atoms with van der Waals surface area (Å²) in [5.41, 5.74) is 0. The summed E-state index contributed by atoms with van der Waals surface area (Å²) in [6.07, 6.45) is 4.29. The summed E-state index contributed by atoms with van der Waals surface area (Å²) in [5.74, 6) is 2.25. The normalized spacial score (nSPS) is 25.9. The fraction of sp³-hybridized carbons (Fsp3) is 0.818. The molecule has 16 heavy (non-hydrogen) atoms. The zero-order valence-corrected chi connectivity index (χ0v) is 9.32. The molecule has 0 aliphatic carbocycles. The predicted molar refractivity (Wildman–Crippen MR) is 57.0 cm³/mol. The molecule has 1 aromatic heterocycles. The van der Waals surface area contributed by atoms with Crippen molar-refractivity contribution in [3.8, 4) is 0 Å². The van der Waals surface area contributed by atoms with Crippen LogP contribution in [0.2, 0.25) is 0 Å². The van der Waals surface area contributed by atoms with E-state index in [0.29, 0.717) is 12.0 Å². The van der Waals surface area contributed by atoms with Crippen molar-refractivity contribution in [3.63, 3.8) is 0 Å². The summed E-state index contributed by atoms with van der Waals surface area (Å²) in [6.45, 7) is 3.02. The monoisotopic (exact) mass is 223 g/mol. The van der Waals surface area contributed by atoms with Crippen molar-refractivity contribution in [3.05, 3.63) is 11.7 Å². The van der Waals surface area contributed by atoms with E-state index in [1.165, 1.54) is 0 Å². The van der Waals surface area contributed by atoms with Gasteiger partial charge in [-0.1, -0.05) is 5.16 Å². The molecule has 0 saturated carbocycles. The number of hydrogen-bond donors (Lipinski definition) is 1. The quantitative estimate of drug-likeness (QED) is 0.808. The Hall–Kier alpha value is -0.940. The molecule has 1 unspecified atom stereocenters. The van der Waals surface area contributed by atoms with Crippen molar-refractivity contribution in [1.82, 2.24) is 15.5 Å². The minimum absolute atomic E-state index is 0.302. The Morgan fingerprint density at radius 1 is 1.31 bits per heavy atom. The first-order valence-corrected chi connectivity index (χ1v) is 6.04. The maximum atomic E-state index is 5.55. The lowest BCUT2D eigenvalue weighted by molar-refractivity contribution is 0.109. The van der Waals surface area contributed by atoms with E-state index in [4.69, 9.17) is 9.26 Å². The highest BCUT2D eigenvalue weighted by atomic mass is 16.5. The second-order valence-electron chi connectivity index (χ2n) is 4.67. The fourth-order valence-corrected chi connectivity index (χ4v) is 2.20. The van der Waals surface area contributed by atoms with Gasteiger partial charge in [0.2, 0.25) is 5.89 Å². The lowest BCUT2D eigenvalue weighted by Crippen LogP contribution is -2.43. The van der Waals surface area contributed by atoms with Crippen LogP contribution in [-0.2, 0) is 17.6 Å². The molecule has 3 rings (SSSR count). The van der Waals surface area contributed by atoms with E-state index in [1.807, 2.05) is 0 Å². The second-order valence-corrected chi connectivity index (χ2v) is 4.67. The van der Waals surface area contributed by atoms with Gasteiger partial charge < -0.3 is 14.6 Å². The molecular formula is C11H17N3O2. The second kappa shape index (κ2) is 4.51. The van der Waals surface area contributed by atoms with Crippen molar-refractivity contribution in [1.29, 1.82) is 0 Å². The summed E-state index contributed by atoms with van der Waals surface area (Å²) in [6, 6.07) is 0. The third-order valence-corrected chi connectivity index (χ3v) is 3.27. The van der Waals surface area contributed by atoms with E-state index in [-0.39, 0.29) is 0 Å². The Morgan fingerprint density at radius 2 is 2.25 bits per heavy atom. The minimum atomic E-state index is 0.302. The molecule has 0 aromatic carbocycles. The standard InChI is InChI=1S/C11H17N3O2/c1-2-9(15-3-1)5-10-13-11(16-14-10)4-8-6-12-7-8/h8-9,12H,1-7H2. The summed E-state index contributed by atoms with van der Waals surface area (Å²) >= 11 is 0. The Morgan fingerprint density at radius 3 is 2.94 bits per heavy atom. The van der Waals surface area contributed by atoms with Crippen molar-refractivity contribution >= 4 is 0 Å². The SMILES string of the molecule is C1COC(Cc2noc(CC3CNC3)n2)C1. The minimum Gasteiger partial charge on any atom is -0.378 e. The highest BCUT2D eigenvalue weighted by Crippen LogP contribution is 2.16. The average Bonchev–Trinajstić information content (AvgIpc) is 2.84. The van der Waals surface area contributed by atoms with E-state index in [0.717, 1.165) is 57.1 Å². The highest BCUT2D eigenvalue weighted by molar-refractivity contribution is 4.93. The van der Waals surface area contributed by atoms with Crippen LogP contribution < -0.4 is 5.32 Å². The average molecular weight is 223 g/mol. The lowest BCUT2D eigenvalue weighted by Gasteiger charge is -2.25. The maximum Gasteiger partial charge on any atom is 0.227 e. The Balaban J connectivity index is 1.54.